The average Bonchev–Trinajstić information content (AvgIpc) is 3.20. The maximum atomic E-state index is 13.2. The molecule has 1 N–H and O–H groups in total. The molecular weight excluding hydrogens is 342 g/mol. The summed E-state index contributed by atoms with van der Waals surface area (Å²) in [6, 6.07) is 0. The van der Waals surface area contributed by atoms with Gasteiger partial charge in [-0.25, -0.2) is 9.97 Å². The molecule has 24 heavy (non-hydrogen) atoms. The molecule has 3 aromatic heterocycles. The monoisotopic (exact) mass is 354 g/mol. The van der Waals surface area contributed by atoms with Gasteiger partial charge in [0.15, 0.2) is 17.4 Å². The molecule has 8 nitrogen and oxygen atoms in total. The molecule has 3 rings (SSSR count). The molecule has 0 aliphatic carbocycles. The van der Waals surface area contributed by atoms with E-state index < -0.39 is 11.8 Å². The zero-order valence-electron chi connectivity index (χ0n) is 12.7. The molecule has 1 amide bonds. The zero-order valence-corrected chi connectivity index (χ0v) is 13.5. The van der Waals surface area contributed by atoms with E-state index in [0.717, 1.165) is 18.3 Å². The van der Waals surface area contributed by atoms with E-state index in [9.17, 15) is 13.6 Å². The van der Waals surface area contributed by atoms with Gasteiger partial charge in [-0.1, -0.05) is 0 Å². The lowest BCUT2D eigenvalue weighted by molar-refractivity contribution is 0.0132. The lowest BCUT2D eigenvalue weighted by atomic mass is 10.3. The van der Waals surface area contributed by atoms with E-state index >= 15 is 0 Å². The fourth-order valence-corrected chi connectivity index (χ4v) is 2.63. The second-order valence-corrected chi connectivity index (χ2v) is 5.92. The number of nitrogens with one attached hydrogen (secondary N) is 1. The Morgan fingerprint density at radius 3 is 2.88 bits per heavy atom. The van der Waals surface area contributed by atoms with Gasteiger partial charge in [-0.3, -0.25) is 4.79 Å². The van der Waals surface area contributed by atoms with Gasteiger partial charge in [-0.05, 0) is 0 Å². The summed E-state index contributed by atoms with van der Waals surface area (Å²) in [5.74, 6) is -2.89. The van der Waals surface area contributed by atoms with Crippen LogP contribution in [0.2, 0.25) is 0 Å². The number of aromatic nitrogens is 5. The van der Waals surface area contributed by atoms with E-state index in [0.29, 0.717) is 10.9 Å². The van der Waals surface area contributed by atoms with E-state index in [1.807, 2.05) is 0 Å². The van der Waals surface area contributed by atoms with Crippen molar-refractivity contribution in [3.8, 4) is 0 Å². The summed E-state index contributed by atoms with van der Waals surface area (Å²) in [6.45, 7) is 2.53. The molecule has 0 fully saturated rings. The summed E-state index contributed by atoms with van der Waals surface area (Å²) in [5.41, 5.74) is -0.165. The van der Waals surface area contributed by atoms with Crippen molar-refractivity contribution in [1.29, 1.82) is 0 Å². The first kappa shape index (κ1) is 16.2. The highest BCUT2D eigenvalue weighted by Crippen LogP contribution is 2.28. The third-order valence-corrected chi connectivity index (χ3v) is 3.74. The minimum absolute atomic E-state index is 0.122. The summed E-state index contributed by atoms with van der Waals surface area (Å²) in [7, 11) is 0. The van der Waals surface area contributed by atoms with Gasteiger partial charge in [0.25, 0.3) is 11.8 Å². The molecule has 3 aromatic rings. The number of hydrogen-bond donors (Lipinski definition) is 1. The number of amides is 1. The number of nitrogens with zero attached hydrogens (tertiary/aromatic N) is 5. The maximum Gasteiger partial charge on any atom is 0.287 e. The SMILES string of the molecule is Cc1nc(C(=O)Nc2cnn(Cc3nc(C(C)(F)F)cs3)n2)co1. The van der Waals surface area contributed by atoms with Gasteiger partial charge < -0.3 is 9.73 Å². The van der Waals surface area contributed by atoms with Gasteiger partial charge >= 0.3 is 0 Å². The molecule has 0 spiro atoms. The minimum Gasteiger partial charge on any atom is -0.448 e. The molecule has 126 valence electrons. The number of aryl methyl sites for hydroxylation is 1. The van der Waals surface area contributed by atoms with Crippen LogP contribution in [0, 0.1) is 6.92 Å². The molecular formula is C13H12F2N6O2S. The third-order valence-electron chi connectivity index (χ3n) is 2.91. The number of halogens is 2. The number of hydrogen-bond acceptors (Lipinski definition) is 7. The van der Waals surface area contributed by atoms with Crippen LogP contribution in [-0.4, -0.2) is 30.9 Å². The largest absolute Gasteiger partial charge is 0.448 e. The molecule has 0 radical (unpaired) electrons. The van der Waals surface area contributed by atoms with Crippen molar-refractivity contribution in [1.82, 2.24) is 25.0 Å². The predicted octanol–water partition coefficient (Wildman–Crippen LogP) is 2.44. The first-order valence-corrected chi connectivity index (χ1v) is 7.65. The topological polar surface area (TPSA) is 98.7 Å². The molecule has 0 aliphatic heterocycles. The Bertz CT molecular complexity index is 866. The number of oxazole rings is 1. The Balaban J connectivity index is 1.65. The second-order valence-electron chi connectivity index (χ2n) is 4.98. The van der Waals surface area contributed by atoms with Crippen LogP contribution in [0.3, 0.4) is 0 Å². The van der Waals surface area contributed by atoms with Gasteiger partial charge in [-0.15, -0.1) is 16.4 Å². The molecule has 0 atom stereocenters. The maximum absolute atomic E-state index is 13.2. The van der Waals surface area contributed by atoms with Crippen LogP contribution in [0.1, 0.15) is 34.0 Å². The van der Waals surface area contributed by atoms with Crippen LogP contribution >= 0.6 is 11.3 Å². The molecule has 0 unspecified atom stereocenters. The van der Waals surface area contributed by atoms with Crippen LogP contribution in [-0.2, 0) is 12.5 Å². The Hall–Kier alpha value is -2.69. The van der Waals surface area contributed by atoms with Crippen molar-refractivity contribution in [2.45, 2.75) is 26.3 Å². The Morgan fingerprint density at radius 2 is 2.25 bits per heavy atom. The fraction of sp³-hybridized carbons (Fsp3) is 0.308. The Kier molecular flexibility index (Phi) is 4.09. The average molecular weight is 354 g/mol. The van der Waals surface area contributed by atoms with Crippen molar-refractivity contribution in [3.05, 3.63) is 40.1 Å². The van der Waals surface area contributed by atoms with E-state index in [2.05, 4.69) is 25.5 Å². The van der Waals surface area contributed by atoms with E-state index in [1.54, 1.807) is 6.92 Å². The van der Waals surface area contributed by atoms with Crippen LogP contribution < -0.4 is 5.32 Å². The third kappa shape index (κ3) is 3.62. The van der Waals surface area contributed by atoms with Crippen LogP contribution in [0.25, 0.3) is 0 Å². The van der Waals surface area contributed by atoms with Gasteiger partial charge in [0.2, 0.25) is 0 Å². The quantitative estimate of drug-likeness (QED) is 0.756. The number of carbonyl (C=O) groups excluding carboxylic acids is 1. The normalized spacial score (nSPS) is 11.7. The molecule has 0 aliphatic rings. The minimum atomic E-state index is -2.98. The molecule has 3 heterocycles. The lowest BCUT2D eigenvalue weighted by Gasteiger charge is -2.04. The number of rotatable bonds is 5. The summed E-state index contributed by atoms with van der Waals surface area (Å²) in [6.07, 6.45) is 2.57. The molecule has 0 saturated heterocycles. The summed E-state index contributed by atoms with van der Waals surface area (Å²) in [4.78, 5) is 20.9. The van der Waals surface area contributed by atoms with Crippen LogP contribution in [0.15, 0.2) is 22.3 Å². The van der Waals surface area contributed by atoms with Crippen molar-refractivity contribution >= 4 is 23.1 Å². The van der Waals surface area contributed by atoms with E-state index in [1.165, 1.54) is 22.6 Å². The fourth-order valence-electron chi connectivity index (χ4n) is 1.78. The molecule has 0 saturated carbocycles. The summed E-state index contributed by atoms with van der Waals surface area (Å²) < 4.78 is 31.3. The van der Waals surface area contributed by atoms with Gasteiger partial charge in [0.1, 0.15) is 23.5 Å². The highest BCUT2D eigenvalue weighted by Gasteiger charge is 2.27. The number of anilines is 1. The zero-order chi connectivity index (χ0) is 17.3. The first-order valence-electron chi connectivity index (χ1n) is 6.77. The highest BCUT2D eigenvalue weighted by atomic mass is 32.1. The van der Waals surface area contributed by atoms with Crippen LogP contribution in [0.5, 0.6) is 0 Å². The van der Waals surface area contributed by atoms with E-state index in [-0.39, 0.29) is 23.8 Å². The molecule has 0 aromatic carbocycles. The highest BCUT2D eigenvalue weighted by molar-refractivity contribution is 7.09. The lowest BCUT2D eigenvalue weighted by Crippen LogP contribution is -2.13. The molecule has 0 bridgehead atoms. The first-order chi connectivity index (χ1) is 11.3. The second kappa shape index (κ2) is 6.07. The van der Waals surface area contributed by atoms with Crippen molar-refractivity contribution < 1.29 is 18.0 Å². The Morgan fingerprint density at radius 1 is 1.46 bits per heavy atom. The van der Waals surface area contributed by atoms with Crippen molar-refractivity contribution in [3.63, 3.8) is 0 Å². The summed E-state index contributed by atoms with van der Waals surface area (Å²) in [5, 5.41) is 12.3. The molecule has 11 heteroatoms. The summed E-state index contributed by atoms with van der Waals surface area (Å²) >= 11 is 1.09. The number of carbonyl (C=O) groups is 1. The standard InChI is InChI=1S/C13H12F2N6O2S/c1-7-17-8(5-23-7)12(22)19-10-3-16-21(20-10)4-11-18-9(6-24-11)13(2,14)15/h3,5-6H,4H2,1-2H3,(H,19,20,22). The number of alkyl halides is 2. The van der Waals surface area contributed by atoms with Gasteiger partial charge in [0, 0.05) is 19.2 Å². The predicted molar refractivity (Wildman–Crippen MR) is 80.0 cm³/mol. The van der Waals surface area contributed by atoms with Crippen molar-refractivity contribution in [2.75, 3.05) is 5.32 Å². The van der Waals surface area contributed by atoms with Gasteiger partial charge in [-0.2, -0.15) is 18.7 Å². The smallest absolute Gasteiger partial charge is 0.287 e. The number of thiazole rings is 1. The van der Waals surface area contributed by atoms with Crippen LogP contribution in [0.4, 0.5) is 14.6 Å². The van der Waals surface area contributed by atoms with Crippen molar-refractivity contribution in [2.24, 2.45) is 0 Å². The van der Waals surface area contributed by atoms with Gasteiger partial charge in [0.05, 0.1) is 6.20 Å². The van der Waals surface area contributed by atoms with E-state index in [4.69, 9.17) is 4.42 Å². The Labute approximate surface area is 138 Å².